The SMILES string of the molecule is C1=C\CC/C=C\CC/1.C1=C\CC/C=C\CC/1.F[B-](F)(F)F.[Ir+3]. The minimum Gasteiger partial charge on any atom is -0.418 e. The van der Waals surface area contributed by atoms with E-state index in [2.05, 4.69) is 48.6 Å². The van der Waals surface area contributed by atoms with E-state index < -0.39 is 7.25 Å². The summed E-state index contributed by atoms with van der Waals surface area (Å²) in [6.07, 6.45) is 28.0. The van der Waals surface area contributed by atoms with Crippen molar-refractivity contribution < 1.29 is 37.4 Å². The fraction of sp³-hybridized carbons (Fsp3) is 0.500. The first-order chi connectivity index (χ1) is 10.0. The Bertz CT molecular complexity index is 261. The third kappa shape index (κ3) is 27.7. The van der Waals surface area contributed by atoms with Crippen molar-refractivity contribution in [1.82, 2.24) is 0 Å². The Morgan fingerprint density at radius 3 is 0.591 bits per heavy atom. The second kappa shape index (κ2) is 16.8. The molecule has 0 aromatic heterocycles. The minimum atomic E-state index is -6.00. The second-order valence-corrected chi connectivity index (χ2v) is 4.69. The van der Waals surface area contributed by atoms with Crippen LogP contribution in [0, 0.1) is 0 Å². The molecule has 0 unspecified atom stereocenters. The Morgan fingerprint density at radius 2 is 0.500 bits per heavy atom. The molecule has 0 amide bonds. The summed E-state index contributed by atoms with van der Waals surface area (Å²) in [5.41, 5.74) is 0. The molecule has 126 valence electrons. The smallest absolute Gasteiger partial charge is 0.418 e. The second-order valence-electron chi connectivity index (χ2n) is 4.69. The largest absolute Gasteiger partial charge is 3.00 e. The third-order valence-corrected chi connectivity index (χ3v) is 2.67. The van der Waals surface area contributed by atoms with Crippen LogP contribution < -0.4 is 0 Å². The van der Waals surface area contributed by atoms with E-state index in [0.717, 1.165) is 0 Å². The van der Waals surface area contributed by atoms with Crippen molar-refractivity contribution in [2.75, 3.05) is 0 Å². The molecule has 0 saturated carbocycles. The van der Waals surface area contributed by atoms with Crippen molar-refractivity contribution >= 4 is 7.25 Å². The zero-order valence-corrected chi connectivity index (χ0v) is 15.1. The number of allylic oxidation sites excluding steroid dienone is 8. The summed E-state index contributed by atoms with van der Waals surface area (Å²) in [5, 5.41) is 0. The van der Waals surface area contributed by atoms with Gasteiger partial charge in [0.2, 0.25) is 0 Å². The van der Waals surface area contributed by atoms with Crippen molar-refractivity contribution in [2.45, 2.75) is 51.4 Å². The van der Waals surface area contributed by atoms with Gasteiger partial charge < -0.3 is 17.3 Å². The Hall–Kier alpha value is -0.606. The van der Waals surface area contributed by atoms with Gasteiger partial charge in [-0.2, -0.15) is 0 Å². The molecule has 6 heteroatoms. The van der Waals surface area contributed by atoms with Crippen LogP contribution in [0.15, 0.2) is 48.6 Å². The Balaban J connectivity index is 0. The summed E-state index contributed by atoms with van der Waals surface area (Å²) in [5.74, 6) is 0. The molecule has 0 saturated heterocycles. The van der Waals surface area contributed by atoms with Gasteiger partial charge in [0.1, 0.15) is 0 Å². The maximum Gasteiger partial charge on any atom is 3.00 e. The maximum atomic E-state index is 9.75. The summed E-state index contributed by atoms with van der Waals surface area (Å²) in [6.45, 7) is 0. The molecule has 0 aromatic rings. The first kappa shape index (κ1) is 23.7. The zero-order valence-electron chi connectivity index (χ0n) is 12.7. The van der Waals surface area contributed by atoms with E-state index in [1.165, 1.54) is 51.4 Å². The molecule has 0 heterocycles. The van der Waals surface area contributed by atoms with E-state index in [1.807, 2.05) is 0 Å². The van der Waals surface area contributed by atoms with Gasteiger partial charge in [-0.1, -0.05) is 48.6 Å². The van der Waals surface area contributed by atoms with E-state index in [-0.39, 0.29) is 20.1 Å². The van der Waals surface area contributed by atoms with Gasteiger partial charge in [-0.25, -0.2) is 0 Å². The standard InChI is InChI=1S/2C8H12.BF4.Ir/c2*1-2-4-6-8-7-5-3-1;2-1(3,4)5;/h2*1-2,7-8H,3-6H2;;/q;;-1;+3/b2*2-1-,8-7-;;. The number of halogens is 4. The predicted octanol–water partition coefficient (Wildman–Crippen LogP) is 6.64. The molecule has 22 heavy (non-hydrogen) atoms. The fourth-order valence-electron chi connectivity index (χ4n) is 1.71. The van der Waals surface area contributed by atoms with E-state index in [4.69, 9.17) is 0 Å². The van der Waals surface area contributed by atoms with E-state index in [0.29, 0.717) is 0 Å². The van der Waals surface area contributed by atoms with Crippen LogP contribution in [0.1, 0.15) is 51.4 Å². The Kier molecular flexibility index (Phi) is 18.0. The van der Waals surface area contributed by atoms with E-state index in [1.54, 1.807) is 0 Å². The minimum absolute atomic E-state index is 0. The number of rotatable bonds is 0. The van der Waals surface area contributed by atoms with Gasteiger partial charge >= 0.3 is 27.4 Å². The number of hydrogen-bond donors (Lipinski definition) is 0. The van der Waals surface area contributed by atoms with Gasteiger partial charge in [0.05, 0.1) is 0 Å². The number of hydrogen-bond acceptors (Lipinski definition) is 0. The summed E-state index contributed by atoms with van der Waals surface area (Å²) >= 11 is 0. The van der Waals surface area contributed by atoms with Crippen molar-refractivity contribution in [1.29, 1.82) is 0 Å². The van der Waals surface area contributed by atoms with Crippen LogP contribution in [0.5, 0.6) is 0 Å². The maximum absolute atomic E-state index is 9.75. The molecule has 0 nitrogen and oxygen atoms in total. The van der Waals surface area contributed by atoms with Crippen LogP contribution in [0.4, 0.5) is 17.3 Å². The van der Waals surface area contributed by atoms with Gasteiger partial charge in [-0.05, 0) is 51.4 Å². The molecule has 0 aromatic carbocycles. The topological polar surface area (TPSA) is 0 Å². The van der Waals surface area contributed by atoms with Crippen LogP contribution in [-0.2, 0) is 20.1 Å². The van der Waals surface area contributed by atoms with E-state index in [9.17, 15) is 17.3 Å². The fourth-order valence-corrected chi connectivity index (χ4v) is 1.71. The molecule has 0 N–H and O–H groups in total. The van der Waals surface area contributed by atoms with Gasteiger partial charge in [-0.3, -0.25) is 0 Å². The van der Waals surface area contributed by atoms with Crippen molar-refractivity contribution in [3.8, 4) is 0 Å². The summed E-state index contributed by atoms with van der Waals surface area (Å²) in [4.78, 5) is 0. The van der Waals surface area contributed by atoms with Crippen molar-refractivity contribution in [2.24, 2.45) is 0 Å². The molecule has 0 radical (unpaired) electrons. The molecule has 0 aliphatic heterocycles. The van der Waals surface area contributed by atoms with Crippen LogP contribution in [0.2, 0.25) is 0 Å². The first-order valence-electron chi connectivity index (χ1n) is 7.47. The Labute approximate surface area is 144 Å². The molecule has 0 spiro atoms. The summed E-state index contributed by atoms with van der Waals surface area (Å²) in [6, 6.07) is 0. The Morgan fingerprint density at radius 1 is 0.409 bits per heavy atom. The van der Waals surface area contributed by atoms with Crippen LogP contribution in [0.25, 0.3) is 0 Å². The summed E-state index contributed by atoms with van der Waals surface area (Å²) < 4.78 is 39.0. The average Bonchev–Trinajstić information content (AvgIpc) is 2.24. The quantitative estimate of drug-likeness (QED) is 0.201. The van der Waals surface area contributed by atoms with Crippen LogP contribution >= 0.6 is 0 Å². The van der Waals surface area contributed by atoms with Gasteiger partial charge in [0, 0.05) is 0 Å². The van der Waals surface area contributed by atoms with Crippen molar-refractivity contribution in [3.63, 3.8) is 0 Å². The average molecular weight is 495 g/mol. The van der Waals surface area contributed by atoms with Gasteiger partial charge in [0.15, 0.2) is 0 Å². The molecule has 2 rings (SSSR count). The van der Waals surface area contributed by atoms with Crippen LogP contribution in [-0.4, -0.2) is 7.25 Å². The summed E-state index contributed by atoms with van der Waals surface area (Å²) in [7, 11) is -6.00. The molecule has 0 bridgehead atoms. The molecule has 0 atom stereocenters. The molecular formula is C16H24BF4Ir+2. The first-order valence-corrected chi connectivity index (χ1v) is 7.47. The van der Waals surface area contributed by atoms with Crippen LogP contribution in [0.3, 0.4) is 0 Å². The predicted molar refractivity (Wildman–Crippen MR) is 83.7 cm³/mol. The third-order valence-electron chi connectivity index (χ3n) is 2.67. The monoisotopic (exact) mass is 496 g/mol. The molecule has 0 fully saturated rings. The normalized spacial score (nSPS) is 23.1. The molecular weight excluding hydrogens is 471 g/mol. The van der Waals surface area contributed by atoms with Crippen molar-refractivity contribution in [3.05, 3.63) is 48.6 Å². The van der Waals surface area contributed by atoms with Gasteiger partial charge in [0.25, 0.3) is 0 Å². The van der Waals surface area contributed by atoms with Gasteiger partial charge in [-0.15, -0.1) is 0 Å². The molecule has 2 aliphatic carbocycles. The molecule has 2 aliphatic rings. The van der Waals surface area contributed by atoms with E-state index >= 15 is 0 Å². The zero-order chi connectivity index (χ0) is 15.8.